The van der Waals surface area contributed by atoms with E-state index in [9.17, 15) is 0 Å². The highest BCUT2D eigenvalue weighted by Crippen LogP contribution is 2.25. The predicted molar refractivity (Wildman–Crippen MR) is 75.7 cm³/mol. The molecular weight excluding hydrogens is 285 g/mol. The van der Waals surface area contributed by atoms with Crippen LogP contribution in [0.3, 0.4) is 0 Å². The van der Waals surface area contributed by atoms with Gasteiger partial charge in [-0.3, -0.25) is 0 Å². The van der Waals surface area contributed by atoms with E-state index in [1.54, 1.807) is 18.5 Å². The van der Waals surface area contributed by atoms with Crippen molar-refractivity contribution in [2.45, 2.75) is 32.4 Å². The van der Waals surface area contributed by atoms with Crippen molar-refractivity contribution in [2.75, 3.05) is 0 Å². The number of hydrogen-bond acceptors (Lipinski definition) is 3. The molecule has 0 atom stereocenters. The molecule has 0 saturated heterocycles. The molecule has 0 unspecified atom stereocenters. The van der Waals surface area contributed by atoms with Crippen LogP contribution in [0.15, 0.2) is 24.5 Å². The summed E-state index contributed by atoms with van der Waals surface area (Å²) in [5, 5.41) is 4.80. The highest BCUT2D eigenvalue weighted by Gasteiger charge is 2.08. The molecule has 0 amide bonds. The Morgan fingerprint density at radius 1 is 1.37 bits per heavy atom. The molecule has 2 aromatic rings. The SMILES string of the molecule is CCCn1ncnc1COc1ccc(Cl)cc1CCl. The number of nitrogens with zero attached hydrogens (tertiary/aromatic N) is 3. The van der Waals surface area contributed by atoms with E-state index in [2.05, 4.69) is 17.0 Å². The van der Waals surface area contributed by atoms with Crippen LogP contribution in [0.5, 0.6) is 5.75 Å². The Balaban J connectivity index is 2.07. The number of aromatic nitrogens is 3. The number of rotatable bonds is 6. The maximum absolute atomic E-state index is 5.92. The minimum absolute atomic E-state index is 0.359. The van der Waals surface area contributed by atoms with Gasteiger partial charge in [-0.1, -0.05) is 18.5 Å². The number of ether oxygens (including phenoxy) is 1. The number of benzene rings is 1. The summed E-state index contributed by atoms with van der Waals surface area (Å²) < 4.78 is 7.59. The first-order valence-electron chi connectivity index (χ1n) is 6.08. The van der Waals surface area contributed by atoms with Crippen LogP contribution in [0.2, 0.25) is 5.02 Å². The summed E-state index contributed by atoms with van der Waals surface area (Å²) in [7, 11) is 0. The van der Waals surface area contributed by atoms with Gasteiger partial charge in [-0.15, -0.1) is 11.6 Å². The summed E-state index contributed by atoms with van der Waals surface area (Å²) in [6, 6.07) is 5.41. The highest BCUT2D eigenvalue weighted by atomic mass is 35.5. The fourth-order valence-corrected chi connectivity index (χ4v) is 2.14. The summed E-state index contributed by atoms with van der Waals surface area (Å²) in [6.45, 7) is 3.30. The number of alkyl halides is 1. The highest BCUT2D eigenvalue weighted by molar-refractivity contribution is 6.30. The van der Waals surface area contributed by atoms with E-state index < -0.39 is 0 Å². The Morgan fingerprint density at radius 2 is 2.21 bits per heavy atom. The second-order valence-electron chi connectivity index (χ2n) is 4.07. The number of hydrogen-bond donors (Lipinski definition) is 0. The maximum atomic E-state index is 5.92. The quantitative estimate of drug-likeness (QED) is 0.764. The molecule has 0 spiro atoms. The summed E-state index contributed by atoms with van der Waals surface area (Å²) in [5.74, 6) is 1.89. The molecule has 1 aromatic carbocycles. The first kappa shape index (κ1) is 14.2. The second-order valence-corrected chi connectivity index (χ2v) is 4.78. The zero-order valence-electron chi connectivity index (χ0n) is 10.6. The smallest absolute Gasteiger partial charge is 0.164 e. The number of halogens is 2. The third kappa shape index (κ3) is 3.61. The molecule has 0 aliphatic carbocycles. The van der Waals surface area contributed by atoms with Gasteiger partial charge >= 0.3 is 0 Å². The van der Waals surface area contributed by atoms with E-state index in [0.717, 1.165) is 30.1 Å². The first-order valence-corrected chi connectivity index (χ1v) is 6.99. The van der Waals surface area contributed by atoms with Crippen LogP contribution in [0.1, 0.15) is 24.7 Å². The van der Waals surface area contributed by atoms with Crippen molar-refractivity contribution >= 4 is 23.2 Å². The fraction of sp³-hybridized carbons (Fsp3) is 0.385. The molecule has 102 valence electrons. The minimum atomic E-state index is 0.359. The Kier molecular flexibility index (Phi) is 5.05. The van der Waals surface area contributed by atoms with Gasteiger partial charge in [0.25, 0.3) is 0 Å². The lowest BCUT2D eigenvalue weighted by molar-refractivity contribution is 0.284. The van der Waals surface area contributed by atoms with Gasteiger partial charge in [0.1, 0.15) is 18.7 Å². The van der Waals surface area contributed by atoms with E-state index in [-0.39, 0.29) is 0 Å². The molecule has 0 aliphatic heterocycles. The Labute approximate surface area is 122 Å². The topological polar surface area (TPSA) is 39.9 Å². The van der Waals surface area contributed by atoms with Crippen molar-refractivity contribution in [3.8, 4) is 5.75 Å². The van der Waals surface area contributed by atoms with E-state index in [0.29, 0.717) is 17.5 Å². The normalized spacial score (nSPS) is 10.7. The third-order valence-corrected chi connectivity index (χ3v) is 3.18. The minimum Gasteiger partial charge on any atom is -0.485 e. The molecule has 6 heteroatoms. The lowest BCUT2D eigenvalue weighted by Gasteiger charge is -2.10. The van der Waals surface area contributed by atoms with Crippen molar-refractivity contribution in [3.05, 3.63) is 40.9 Å². The van der Waals surface area contributed by atoms with Gasteiger partial charge in [0, 0.05) is 17.1 Å². The van der Waals surface area contributed by atoms with Crippen LogP contribution in [-0.4, -0.2) is 14.8 Å². The lowest BCUT2D eigenvalue weighted by atomic mass is 10.2. The van der Waals surface area contributed by atoms with Crippen LogP contribution in [0, 0.1) is 0 Å². The van der Waals surface area contributed by atoms with Crippen molar-refractivity contribution in [1.29, 1.82) is 0 Å². The first-order chi connectivity index (χ1) is 9.24. The second kappa shape index (κ2) is 6.78. The molecule has 0 radical (unpaired) electrons. The van der Waals surface area contributed by atoms with Crippen LogP contribution in [-0.2, 0) is 19.0 Å². The lowest BCUT2D eigenvalue weighted by Crippen LogP contribution is -2.09. The average Bonchev–Trinajstić information content (AvgIpc) is 2.85. The van der Waals surface area contributed by atoms with Gasteiger partial charge in [0.05, 0.1) is 5.88 Å². The van der Waals surface area contributed by atoms with Gasteiger partial charge in [0.15, 0.2) is 5.82 Å². The van der Waals surface area contributed by atoms with Gasteiger partial charge < -0.3 is 4.74 Å². The largest absolute Gasteiger partial charge is 0.485 e. The molecule has 2 rings (SSSR count). The number of aryl methyl sites for hydroxylation is 1. The molecular formula is C13H15Cl2N3O. The Hall–Kier alpha value is -1.26. The standard InChI is InChI=1S/C13H15Cl2N3O/c1-2-5-18-13(16-9-17-18)8-19-12-4-3-11(15)6-10(12)7-14/h3-4,6,9H,2,5,7-8H2,1H3. The van der Waals surface area contributed by atoms with E-state index in [4.69, 9.17) is 27.9 Å². The van der Waals surface area contributed by atoms with Crippen LogP contribution >= 0.6 is 23.2 Å². The summed E-state index contributed by atoms with van der Waals surface area (Å²) in [5.41, 5.74) is 0.871. The average molecular weight is 300 g/mol. The molecule has 1 heterocycles. The molecule has 0 saturated carbocycles. The van der Waals surface area contributed by atoms with Crippen molar-refractivity contribution in [3.63, 3.8) is 0 Å². The van der Waals surface area contributed by atoms with Gasteiger partial charge in [0.2, 0.25) is 0 Å². The van der Waals surface area contributed by atoms with Gasteiger partial charge in [-0.05, 0) is 24.6 Å². The van der Waals surface area contributed by atoms with E-state index >= 15 is 0 Å². The van der Waals surface area contributed by atoms with Crippen molar-refractivity contribution in [2.24, 2.45) is 0 Å². The maximum Gasteiger partial charge on any atom is 0.164 e. The zero-order chi connectivity index (χ0) is 13.7. The molecule has 4 nitrogen and oxygen atoms in total. The zero-order valence-corrected chi connectivity index (χ0v) is 12.2. The summed E-state index contributed by atoms with van der Waals surface area (Å²) in [4.78, 5) is 4.19. The van der Waals surface area contributed by atoms with Gasteiger partial charge in [-0.2, -0.15) is 5.10 Å². The van der Waals surface area contributed by atoms with Gasteiger partial charge in [-0.25, -0.2) is 9.67 Å². The molecule has 0 N–H and O–H groups in total. The molecule has 1 aromatic heterocycles. The van der Waals surface area contributed by atoms with Crippen LogP contribution in [0.25, 0.3) is 0 Å². The van der Waals surface area contributed by atoms with E-state index in [1.165, 1.54) is 0 Å². The third-order valence-electron chi connectivity index (χ3n) is 2.65. The fourth-order valence-electron chi connectivity index (χ4n) is 1.73. The van der Waals surface area contributed by atoms with Crippen LogP contribution < -0.4 is 4.74 Å². The monoisotopic (exact) mass is 299 g/mol. The predicted octanol–water partition coefficient (Wildman–Crippen LogP) is 3.66. The van der Waals surface area contributed by atoms with E-state index in [1.807, 2.05) is 10.7 Å². The summed E-state index contributed by atoms with van der Waals surface area (Å²) >= 11 is 11.8. The van der Waals surface area contributed by atoms with Crippen molar-refractivity contribution < 1.29 is 4.74 Å². The van der Waals surface area contributed by atoms with Crippen molar-refractivity contribution in [1.82, 2.24) is 14.8 Å². The molecule has 0 bridgehead atoms. The Morgan fingerprint density at radius 3 is 2.95 bits per heavy atom. The van der Waals surface area contributed by atoms with Crippen LogP contribution in [0.4, 0.5) is 0 Å². The summed E-state index contributed by atoms with van der Waals surface area (Å²) in [6.07, 6.45) is 2.54. The molecule has 0 fully saturated rings. The molecule has 19 heavy (non-hydrogen) atoms. The Bertz CT molecular complexity index is 542. The molecule has 0 aliphatic rings.